The zero-order valence-electron chi connectivity index (χ0n) is 10.2. The van der Waals surface area contributed by atoms with Gasteiger partial charge in [-0.1, -0.05) is 42.8 Å². The van der Waals surface area contributed by atoms with Crippen molar-refractivity contribution in [2.75, 3.05) is 5.32 Å². The van der Waals surface area contributed by atoms with Crippen LogP contribution in [0.4, 0.5) is 5.69 Å². The van der Waals surface area contributed by atoms with E-state index >= 15 is 0 Å². The lowest BCUT2D eigenvalue weighted by atomic mass is 10.1. The Bertz CT molecular complexity index is 540. The van der Waals surface area contributed by atoms with E-state index in [1.807, 2.05) is 18.2 Å². The van der Waals surface area contributed by atoms with Crippen LogP contribution < -0.4 is 5.32 Å². The molecule has 0 aliphatic rings. The third kappa shape index (κ3) is 3.27. The number of halogens is 2. The van der Waals surface area contributed by atoms with Gasteiger partial charge in [0.1, 0.15) is 0 Å². The predicted octanol–water partition coefficient (Wildman–Crippen LogP) is 5.28. The van der Waals surface area contributed by atoms with Gasteiger partial charge in [-0.2, -0.15) is 0 Å². The van der Waals surface area contributed by atoms with E-state index in [9.17, 15) is 0 Å². The third-order valence-corrected chi connectivity index (χ3v) is 3.82. The molecule has 0 bridgehead atoms. The minimum Gasteiger partial charge on any atom is -0.380 e. The molecule has 2 rings (SSSR count). The summed E-state index contributed by atoms with van der Waals surface area (Å²) in [6, 6.07) is 14.2. The maximum atomic E-state index is 6.00. The highest BCUT2D eigenvalue weighted by Gasteiger charge is 2.03. The maximum absolute atomic E-state index is 6.00. The second-order valence-electron chi connectivity index (χ2n) is 4.10. The Balaban J connectivity index is 2.14. The first kappa shape index (κ1) is 13.4. The van der Waals surface area contributed by atoms with E-state index in [4.69, 9.17) is 11.6 Å². The van der Waals surface area contributed by atoms with Gasteiger partial charge in [0.05, 0.1) is 5.69 Å². The molecule has 3 heteroatoms. The Kier molecular flexibility index (Phi) is 4.67. The average molecular weight is 325 g/mol. The number of hydrogen-bond donors (Lipinski definition) is 1. The lowest BCUT2D eigenvalue weighted by molar-refractivity contribution is 1.04. The lowest BCUT2D eigenvalue weighted by Gasteiger charge is -2.12. The van der Waals surface area contributed by atoms with Gasteiger partial charge in [-0.3, -0.25) is 0 Å². The molecule has 1 nitrogen and oxygen atoms in total. The van der Waals surface area contributed by atoms with Crippen molar-refractivity contribution >= 4 is 33.2 Å². The van der Waals surface area contributed by atoms with Crippen molar-refractivity contribution < 1.29 is 0 Å². The van der Waals surface area contributed by atoms with Crippen LogP contribution in [0.25, 0.3) is 0 Å². The number of aryl methyl sites for hydroxylation is 1. The summed E-state index contributed by atoms with van der Waals surface area (Å²) in [5.74, 6) is 0. The summed E-state index contributed by atoms with van der Waals surface area (Å²) in [5, 5.41) is 4.15. The monoisotopic (exact) mass is 323 g/mol. The fourth-order valence-electron chi connectivity index (χ4n) is 1.90. The van der Waals surface area contributed by atoms with Crippen LogP contribution in [0.3, 0.4) is 0 Å². The van der Waals surface area contributed by atoms with Crippen LogP contribution in [0.2, 0.25) is 5.02 Å². The van der Waals surface area contributed by atoms with Crippen LogP contribution in [0.1, 0.15) is 18.1 Å². The van der Waals surface area contributed by atoms with Crippen LogP contribution in [0, 0.1) is 0 Å². The van der Waals surface area contributed by atoms with Gasteiger partial charge < -0.3 is 5.32 Å². The van der Waals surface area contributed by atoms with Crippen molar-refractivity contribution in [3.05, 3.63) is 63.1 Å². The molecule has 0 saturated heterocycles. The van der Waals surface area contributed by atoms with Gasteiger partial charge in [-0.15, -0.1) is 0 Å². The van der Waals surface area contributed by atoms with Crippen LogP contribution in [-0.2, 0) is 13.0 Å². The number of benzene rings is 2. The summed E-state index contributed by atoms with van der Waals surface area (Å²) in [6.07, 6.45) is 1.05. The summed E-state index contributed by atoms with van der Waals surface area (Å²) in [7, 11) is 0. The SMILES string of the molecule is CCc1ccccc1CNc1cc(Cl)ccc1Br. The van der Waals surface area contributed by atoms with E-state index in [1.165, 1.54) is 11.1 Å². The molecule has 0 amide bonds. The summed E-state index contributed by atoms with van der Waals surface area (Å²) < 4.78 is 1.03. The Morgan fingerprint density at radius 1 is 1.11 bits per heavy atom. The van der Waals surface area contributed by atoms with E-state index in [2.05, 4.69) is 52.4 Å². The number of anilines is 1. The molecule has 0 aliphatic carbocycles. The smallest absolute Gasteiger partial charge is 0.0502 e. The predicted molar refractivity (Wildman–Crippen MR) is 82.3 cm³/mol. The second-order valence-corrected chi connectivity index (χ2v) is 5.39. The highest BCUT2D eigenvalue weighted by molar-refractivity contribution is 9.10. The molecule has 18 heavy (non-hydrogen) atoms. The molecule has 94 valence electrons. The maximum Gasteiger partial charge on any atom is 0.0502 e. The highest BCUT2D eigenvalue weighted by atomic mass is 79.9. The summed E-state index contributed by atoms with van der Waals surface area (Å²) in [6.45, 7) is 2.98. The molecule has 0 aliphatic heterocycles. The molecular weight excluding hydrogens is 310 g/mol. The van der Waals surface area contributed by atoms with Crippen molar-refractivity contribution in [1.29, 1.82) is 0 Å². The number of hydrogen-bond acceptors (Lipinski definition) is 1. The largest absolute Gasteiger partial charge is 0.380 e. The standard InChI is InChI=1S/C15H15BrClN/c1-2-11-5-3-4-6-12(11)10-18-15-9-13(17)7-8-14(15)16/h3-9,18H,2,10H2,1H3. The first-order valence-corrected chi connectivity index (χ1v) is 7.13. The molecule has 1 N–H and O–H groups in total. The summed E-state index contributed by atoms with van der Waals surface area (Å²) in [4.78, 5) is 0. The van der Waals surface area contributed by atoms with E-state index in [-0.39, 0.29) is 0 Å². The first-order valence-electron chi connectivity index (χ1n) is 5.96. The molecule has 0 aromatic heterocycles. The number of nitrogens with one attached hydrogen (secondary N) is 1. The van der Waals surface area contributed by atoms with Gasteiger partial charge in [0.25, 0.3) is 0 Å². The Morgan fingerprint density at radius 2 is 1.83 bits per heavy atom. The van der Waals surface area contributed by atoms with Crippen molar-refractivity contribution in [2.45, 2.75) is 19.9 Å². The van der Waals surface area contributed by atoms with Gasteiger partial charge in [0, 0.05) is 16.0 Å². The quantitative estimate of drug-likeness (QED) is 0.807. The molecule has 0 atom stereocenters. The number of rotatable bonds is 4. The van der Waals surface area contributed by atoms with Crippen LogP contribution in [0.15, 0.2) is 46.9 Å². The van der Waals surface area contributed by atoms with Gasteiger partial charge in [0.2, 0.25) is 0 Å². The van der Waals surface area contributed by atoms with Crippen LogP contribution >= 0.6 is 27.5 Å². The molecule has 0 heterocycles. The Morgan fingerprint density at radius 3 is 2.56 bits per heavy atom. The Labute approximate surface area is 121 Å². The van der Waals surface area contributed by atoms with Crippen LogP contribution in [-0.4, -0.2) is 0 Å². The zero-order valence-corrected chi connectivity index (χ0v) is 12.6. The van der Waals surface area contributed by atoms with Gasteiger partial charge in [0.15, 0.2) is 0 Å². The topological polar surface area (TPSA) is 12.0 Å². The molecule has 2 aromatic rings. The van der Waals surface area contributed by atoms with E-state index < -0.39 is 0 Å². The van der Waals surface area contributed by atoms with Crippen molar-refractivity contribution in [3.8, 4) is 0 Å². The molecule has 0 radical (unpaired) electrons. The van der Waals surface area contributed by atoms with E-state index in [0.29, 0.717) is 0 Å². The third-order valence-electron chi connectivity index (χ3n) is 2.90. The van der Waals surface area contributed by atoms with Gasteiger partial charge >= 0.3 is 0 Å². The normalized spacial score (nSPS) is 10.4. The summed E-state index contributed by atoms with van der Waals surface area (Å²) in [5.41, 5.74) is 3.73. The molecule has 0 fully saturated rings. The fourth-order valence-corrected chi connectivity index (χ4v) is 2.46. The minimum atomic E-state index is 0.740. The lowest BCUT2D eigenvalue weighted by Crippen LogP contribution is -2.02. The zero-order chi connectivity index (χ0) is 13.0. The van der Waals surface area contributed by atoms with E-state index in [1.54, 1.807) is 0 Å². The van der Waals surface area contributed by atoms with Crippen LogP contribution in [0.5, 0.6) is 0 Å². The van der Waals surface area contributed by atoms with Crippen molar-refractivity contribution in [2.24, 2.45) is 0 Å². The molecule has 0 saturated carbocycles. The fraction of sp³-hybridized carbons (Fsp3) is 0.200. The van der Waals surface area contributed by atoms with E-state index in [0.717, 1.165) is 28.1 Å². The minimum absolute atomic E-state index is 0.740. The molecule has 0 spiro atoms. The molecule has 2 aromatic carbocycles. The highest BCUT2D eigenvalue weighted by Crippen LogP contribution is 2.26. The summed E-state index contributed by atoms with van der Waals surface area (Å²) >= 11 is 9.51. The second kappa shape index (κ2) is 6.26. The Hall–Kier alpha value is -0.990. The first-order chi connectivity index (χ1) is 8.70. The average Bonchev–Trinajstić information content (AvgIpc) is 2.40. The van der Waals surface area contributed by atoms with Gasteiger partial charge in [-0.05, 0) is 51.7 Å². The van der Waals surface area contributed by atoms with Crippen molar-refractivity contribution in [3.63, 3.8) is 0 Å². The van der Waals surface area contributed by atoms with Crippen molar-refractivity contribution in [1.82, 2.24) is 0 Å². The molecular formula is C15H15BrClN. The van der Waals surface area contributed by atoms with Gasteiger partial charge in [-0.25, -0.2) is 0 Å². The molecule has 0 unspecified atom stereocenters.